The van der Waals surface area contributed by atoms with Crippen molar-refractivity contribution >= 4 is 0 Å². The SMILES string of the molecule is COc1ccc(-c2cnc(C3CCNC3)n2C)cc1. The number of hydrogen-bond donors (Lipinski definition) is 1. The largest absolute Gasteiger partial charge is 0.497 e. The fourth-order valence-electron chi connectivity index (χ4n) is 2.71. The van der Waals surface area contributed by atoms with Crippen molar-refractivity contribution in [2.24, 2.45) is 7.05 Å². The number of ether oxygens (including phenoxy) is 1. The van der Waals surface area contributed by atoms with Crippen LogP contribution >= 0.6 is 0 Å². The first-order valence-electron chi connectivity index (χ1n) is 6.66. The van der Waals surface area contributed by atoms with Crippen LogP contribution in [0.2, 0.25) is 0 Å². The lowest BCUT2D eigenvalue weighted by molar-refractivity contribution is 0.415. The van der Waals surface area contributed by atoms with E-state index in [1.165, 1.54) is 17.8 Å². The molecule has 4 nitrogen and oxygen atoms in total. The van der Waals surface area contributed by atoms with E-state index in [1.807, 2.05) is 18.3 Å². The lowest BCUT2D eigenvalue weighted by Gasteiger charge is -2.10. The summed E-state index contributed by atoms with van der Waals surface area (Å²) < 4.78 is 7.40. The summed E-state index contributed by atoms with van der Waals surface area (Å²) in [4.78, 5) is 4.61. The summed E-state index contributed by atoms with van der Waals surface area (Å²) in [5.41, 5.74) is 2.33. The molecule has 0 amide bonds. The van der Waals surface area contributed by atoms with Crippen molar-refractivity contribution in [3.05, 3.63) is 36.3 Å². The first-order chi connectivity index (χ1) is 9.29. The summed E-state index contributed by atoms with van der Waals surface area (Å²) in [5, 5.41) is 3.39. The van der Waals surface area contributed by atoms with Crippen LogP contribution in [0.25, 0.3) is 11.3 Å². The molecule has 1 aliphatic rings. The highest BCUT2D eigenvalue weighted by Gasteiger charge is 2.21. The lowest BCUT2D eigenvalue weighted by atomic mass is 10.1. The molecule has 1 aromatic heterocycles. The number of aromatic nitrogens is 2. The van der Waals surface area contributed by atoms with Gasteiger partial charge in [0, 0.05) is 25.1 Å². The molecule has 19 heavy (non-hydrogen) atoms. The molecule has 3 rings (SSSR count). The smallest absolute Gasteiger partial charge is 0.118 e. The lowest BCUT2D eigenvalue weighted by Crippen LogP contribution is -2.11. The van der Waals surface area contributed by atoms with Gasteiger partial charge in [-0.2, -0.15) is 0 Å². The van der Waals surface area contributed by atoms with Crippen LogP contribution in [0.4, 0.5) is 0 Å². The van der Waals surface area contributed by atoms with E-state index in [4.69, 9.17) is 4.74 Å². The van der Waals surface area contributed by atoms with E-state index in [2.05, 4.69) is 34.0 Å². The molecule has 0 aliphatic carbocycles. The standard InChI is InChI=1S/C15H19N3O/c1-18-14(11-3-5-13(19-2)6-4-11)10-17-15(18)12-7-8-16-9-12/h3-6,10,12,16H,7-9H2,1-2H3. The molecule has 0 saturated carbocycles. The number of rotatable bonds is 3. The summed E-state index contributed by atoms with van der Waals surface area (Å²) >= 11 is 0. The maximum absolute atomic E-state index is 5.19. The normalized spacial score (nSPS) is 18.7. The van der Waals surface area contributed by atoms with Gasteiger partial charge in [-0.05, 0) is 37.2 Å². The molecule has 1 aliphatic heterocycles. The first kappa shape index (κ1) is 12.2. The molecule has 1 N–H and O–H groups in total. The van der Waals surface area contributed by atoms with Crippen LogP contribution in [-0.4, -0.2) is 29.8 Å². The van der Waals surface area contributed by atoms with Crippen LogP contribution in [0.1, 0.15) is 18.2 Å². The first-order valence-corrected chi connectivity index (χ1v) is 6.66. The van der Waals surface area contributed by atoms with Gasteiger partial charge in [-0.15, -0.1) is 0 Å². The number of nitrogens with one attached hydrogen (secondary N) is 1. The Labute approximate surface area is 113 Å². The Hall–Kier alpha value is -1.81. The van der Waals surface area contributed by atoms with Crippen LogP contribution in [0.5, 0.6) is 5.75 Å². The van der Waals surface area contributed by atoms with E-state index in [0.717, 1.165) is 24.5 Å². The zero-order chi connectivity index (χ0) is 13.2. The van der Waals surface area contributed by atoms with Gasteiger partial charge in [0.1, 0.15) is 11.6 Å². The summed E-state index contributed by atoms with van der Waals surface area (Å²) in [6.07, 6.45) is 3.14. The van der Waals surface area contributed by atoms with Gasteiger partial charge >= 0.3 is 0 Å². The maximum Gasteiger partial charge on any atom is 0.118 e. The topological polar surface area (TPSA) is 39.1 Å². The van der Waals surface area contributed by atoms with Crippen LogP contribution in [0, 0.1) is 0 Å². The molecule has 2 heterocycles. The number of imidazole rings is 1. The van der Waals surface area contributed by atoms with E-state index in [1.54, 1.807) is 7.11 Å². The van der Waals surface area contributed by atoms with Crippen molar-refractivity contribution in [1.82, 2.24) is 14.9 Å². The number of nitrogens with zero attached hydrogens (tertiary/aromatic N) is 2. The van der Waals surface area contributed by atoms with Crippen LogP contribution in [-0.2, 0) is 7.05 Å². The molecule has 0 radical (unpaired) electrons. The van der Waals surface area contributed by atoms with Crippen molar-refractivity contribution in [3.8, 4) is 17.0 Å². The highest BCUT2D eigenvalue weighted by molar-refractivity contribution is 5.60. The number of benzene rings is 1. The predicted molar refractivity (Wildman–Crippen MR) is 75.4 cm³/mol. The minimum Gasteiger partial charge on any atom is -0.497 e. The third-order valence-corrected chi connectivity index (χ3v) is 3.84. The summed E-state index contributed by atoms with van der Waals surface area (Å²) in [7, 11) is 3.78. The second kappa shape index (κ2) is 5.05. The van der Waals surface area contributed by atoms with Crippen LogP contribution in [0.3, 0.4) is 0 Å². The van der Waals surface area contributed by atoms with Crippen LogP contribution in [0.15, 0.2) is 30.5 Å². The van der Waals surface area contributed by atoms with Gasteiger partial charge < -0.3 is 14.6 Å². The molecule has 2 aromatic rings. The second-order valence-corrected chi connectivity index (χ2v) is 4.98. The molecule has 100 valence electrons. The Balaban J connectivity index is 1.92. The fourth-order valence-corrected chi connectivity index (χ4v) is 2.71. The van der Waals surface area contributed by atoms with Crippen molar-refractivity contribution in [3.63, 3.8) is 0 Å². The van der Waals surface area contributed by atoms with E-state index >= 15 is 0 Å². The van der Waals surface area contributed by atoms with Gasteiger partial charge in [0.25, 0.3) is 0 Å². The third-order valence-electron chi connectivity index (χ3n) is 3.84. The Morgan fingerprint density at radius 3 is 2.74 bits per heavy atom. The monoisotopic (exact) mass is 257 g/mol. The van der Waals surface area contributed by atoms with Crippen molar-refractivity contribution < 1.29 is 4.74 Å². The average molecular weight is 257 g/mol. The molecule has 0 bridgehead atoms. The maximum atomic E-state index is 5.19. The summed E-state index contributed by atoms with van der Waals surface area (Å²) in [6, 6.07) is 8.12. The molecular formula is C15H19N3O. The Bertz CT molecular complexity index is 553. The zero-order valence-corrected chi connectivity index (χ0v) is 11.4. The van der Waals surface area contributed by atoms with E-state index < -0.39 is 0 Å². The van der Waals surface area contributed by atoms with Gasteiger partial charge in [-0.1, -0.05) is 0 Å². The molecule has 1 atom stereocenters. The Morgan fingerprint density at radius 1 is 1.32 bits per heavy atom. The van der Waals surface area contributed by atoms with Gasteiger partial charge in [0.05, 0.1) is 19.0 Å². The summed E-state index contributed by atoms with van der Waals surface area (Å²) in [6.45, 7) is 2.13. The zero-order valence-electron chi connectivity index (χ0n) is 11.4. The fraction of sp³-hybridized carbons (Fsp3) is 0.400. The van der Waals surface area contributed by atoms with E-state index in [9.17, 15) is 0 Å². The van der Waals surface area contributed by atoms with E-state index in [-0.39, 0.29) is 0 Å². The molecule has 4 heteroatoms. The van der Waals surface area contributed by atoms with Gasteiger partial charge in [-0.25, -0.2) is 4.98 Å². The molecule has 1 aromatic carbocycles. The van der Waals surface area contributed by atoms with Crippen molar-refractivity contribution in [2.45, 2.75) is 12.3 Å². The highest BCUT2D eigenvalue weighted by Crippen LogP contribution is 2.27. The highest BCUT2D eigenvalue weighted by atomic mass is 16.5. The number of methoxy groups -OCH3 is 1. The quantitative estimate of drug-likeness (QED) is 0.916. The van der Waals surface area contributed by atoms with Crippen LogP contribution < -0.4 is 10.1 Å². The number of hydrogen-bond acceptors (Lipinski definition) is 3. The predicted octanol–water partition coefficient (Wildman–Crippen LogP) is 2.17. The van der Waals surface area contributed by atoms with Gasteiger partial charge in [-0.3, -0.25) is 0 Å². The summed E-state index contributed by atoms with van der Waals surface area (Å²) in [5.74, 6) is 2.60. The van der Waals surface area contributed by atoms with E-state index in [0.29, 0.717) is 5.92 Å². The van der Waals surface area contributed by atoms with Gasteiger partial charge in [0.2, 0.25) is 0 Å². The molecule has 1 fully saturated rings. The minimum absolute atomic E-state index is 0.539. The molecular weight excluding hydrogens is 238 g/mol. The van der Waals surface area contributed by atoms with Crippen molar-refractivity contribution in [2.75, 3.05) is 20.2 Å². The second-order valence-electron chi connectivity index (χ2n) is 4.98. The minimum atomic E-state index is 0.539. The third kappa shape index (κ3) is 2.24. The molecule has 1 unspecified atom stereocenters. The Morgan fingerprint density at radius 2 is 2.11 bits per heavy atom. The molecule has 0 spiro atoms. The Kier molecular flexibility index (Phi) is 3.25. The molecule has 1 saturated heterocycles. The van der Waals surface area contributed by atoms with Gasteiger partial charge in [0.15, 0.2) is 0 Å². The van der Waals surface area contributed by atoms with Crippen molar-refractivity contribution in [1.29, 1.82) is 0 Å². The average Bonchev–Trinajstić information content (AvgIpc) is 3.08.